The summed E-state index contributed by atoms with van der Waals surface area (Å²) in [4.78, 5) is 17.6. The van der Waals surface area contributed by atoms with E-state index in [2.05, 4.69) is 20.3 Å². The summed E-state index contributed by atoms with van der Waals surface area (Å²) in [7, 11) is 0. The Morgan fingerprint density at radius 1 is 1.38 bits per heavy atom. The lowest BCUT2D eigenvalue weighted by Crippen LogP contribution is -2.42. The van der Waals surface area contributed by atoms with Crippen molar-refractivity contribution >= 4 is 5.91 Å². The van der Waals surface area contributed by atoms with Crippen LogP contribution in [0.1, 0.15) is 42.3 Å². The first-order chi connectivity index (χ1) is 10.2. The summed E-state index contributed by atoms with van der Waals surface area (Å²) in [5.74, 6) is 0.364. The number of carbonyl (C=O) groups excluding carboxylic acids is 1. The van der Waals surface area contributed by atoms with Gasteiger partial charge in [-0.15, -0.1) is 5.10 Å². The van der Waals surface area contributed by atoms with E-state index in [0.717, 1.165) is 38.5 Å². The highest BCUT2D eigenvalue weighted by molar-refractivity contribution is 5.88. The van der Waals surface area contributed by atoms with Gasteiger partial charge in [0.2, 0.25) is 5.82 Å². The van der Waals surface area contributed by atoms with Crippen molar-refractivity contribution in [3.05, 3.63) is 12.2 Å². The molecule has 3 rings (SSSR count). The first-order valence-corrected chi connectivity index (χ1v) is 7.86. The number of likely N-dealkylation sites (tertiary alicyclic amines) is 1. The van der Waals surface area contributed by atoms with Gasteiger partial charge in [-0.2, -0.15) is 0 Å². The van der Waals surface area contributed by atoms with Crippen molar-refractivity contribution in [1.82, 2.24) is 25.0 Å². The molecule has 1 aromatic heterocycles. The van der Waals surface area contributed by atoms with Gasteiger partial charge in [0.1, 0.15) is 6.33 Å². The minimum atomic E-state index is -0.559. The monoisotopic (exact) mass is 292 g/mol. The molecule has 21 heavy (non-hydrogen) atoms. The van der Waals surface area contributed by atoms with Crippen molar-refractivity contribution in [1.29, 1.82) is 0 Å². The molecule has 2 aliphatic rings. The molecule has 3 heterocycles. The van der Waals surface area contributed by atoms with Gasteiger partial charge in [-0.3, -0.25) is 4.79 Å². The number of hydrogen-bond donors (Lipinski definition) is 2. The molecule has 0 aromatic carbocycles. The summed E-state index contributed by atoms with van der Waals surface area (Å²) in [6.07, 6.45) is 6.44. The Bertz CT molecular complexity index is 482. The van der Waals surface area contributed by atoms with Crippen LogP contribution in [0.4, 0.5) is 0 Å². The van der Waals surface area contributed by atoms with Gasteiger partial charge in [-0.05, 0) is 51.2 Å². The molecule has 7 nitrogen and oxygen atoms in total. The van der Waals surface area contributed by atoms with Gasteiger partial charge in [0.15, 0.2) is 0 Å². The van der Waals surface area contributed by atoms with Crippen molar-refractivity contribution in [2.75, 3.05) is 32.7 Å². The summed E-state index contributed by atoms with van der Waals surface area (Å²) in [5.41, 5.74) is 5.21. The molecule has 0 spiro atoms. The van der Waals surface area contributed by atoms with E-state index < -0.39 is 5.91 Å². The molecule has 0 bridgehead atoms. The molecular weight excluding hydrogens is 268 g/mol. The molecule has 1 amide bonds. The third kappa shape index (κ3) is 3.59. The summed E-state index contributed by atoms with van der Waals surface area (Å²) < 4.78 is 1.81. The van der Waals surface area contributed by atoms with E-state index in [1.165, 1.54) is 25.8 Å². The SMILES string of the molecule is NC(=O)c1ncn(C2CCCN(CC3CCNCC3)C2)n1. The Kier molecular flexibility index (Phi) is 4.50. The summed E-state index contributed by atoms with van der Waals surface area (Å²) >= 11 is 0. The van der Waals surface area contributed by atoms with E-state index in [-0.39, 0.29) is 5.82 Å². The fourth-order valence-corrected chi connectivity index (χ4v) is 3.41. The zero-order valence-electron chi connectivity index (χ0n) is 12.4. The van der Waals surface area contributed by atoms with Crippen LogP contribution in [0.2, 0.25) is 0 Å². The molecule has 116 valence electrons. The predicted molar refractivity (Wildman–Crippen MR) is 78.8 cm³/mol. The standard InChI is InChI=1S/C14H24N6O/c15-13(21)14-17-10-20(18-14)12-2-1-7-19(9-12)8-11-3-5-16-6-4-11/h10-12,16H,1-9H2,(H2,15,21). The van der Waals surface area contributed by atoms with Crippen molar-refractivity contribution in [2.24, 2.45) is 11.7 Å². The number of nitrogens with two attached hydrogens (primary N) is 1. The van der Waals surface area contributed by atoms with Crippen LogP contribution in [0.15, 0.2) is 6.33 Å². The average Bonchev–Trinajstić information content (AvgIpc) is 2.99. The second-order valence-corrected chi connectivity index (χ2v) is 6.16. The summed E-state index contributed by atoms with van der Waals surface area (Å²) in [6.45, 7) is 5.62. The topological polar surface area (TPSA) is 89.1 Å². The third-order valence-electron chi connectivity index (χ3n) is 4.56. The Balaban J connectivity index is 1.58. The number of nitrogens with one attached hydrogen (secondary N) is 1. The van der Waals surface area contributed by atoms with Crippen LogP contribution in [0.3, 0.4) is 0 Å². The molecule has 7 heteroatoms. The van der Waals surface area contributed by atoms with Crippen LogP contribution in [0.25, 0.3) is 0 Å². The number of rotatable bonds is 4. The van der Waals surface area contributed by atoms with E-state index >= 15 is 0 Å². The molecule has 2 saturated heterocycles. The predicted octanol–water partition coefficient (Wildman–Crippen LogP) is 0.0135. The Morgan fingerprint density at radius 3 is 2.90 bits per heavy atom. The van der Waals surface area contributed by atoms with Gasteiger partial charge in [-0.25, -0.2) is 9.67 Å². The van der Waals surface area contributed by atoms with Crippen molar-refractivity contribution < 1.29 is 4.79 Å². The second kappa shape index (κ2) is 6.53. The van der Waals surface area contributed by atoms with E-state index in [4.69, 9.17) is 5.73 Å². The molecular formula is C14H24N6O. The van der Waals surface area contributed by atoms with Crippen LogP contribution in [-0.4, -0.2) is 58.3 Å². The molecule has 1 atom stereocenters. The zero-order chi connectivity index (χ0) is 14.7. The number of carbonyl (C=O) groups is 1. The third-order valence-corrected chi connectivity index (χ3v) is 4.56. The smallest absolute Gasteiger partial charge is 0.288 e. The highest BCUT2D eigenvalue weighted by Gasteiger charge is 2.25. The van der Waals surface area contributed by atoms with Crippen molar-refractivity contribution in [3.63, 3.8) is 0 Å². The zero-order valence-corrected chi connectivity index (χ0v) is 12.4. The molecule has 2 aliphatic heterocycles. The average molecular weight is 292 g/mol. The van der Waals surface area contributed by atoms with Crippen LogP contribution >= 0.6 is 0 Å². The lowest BCUT2D eigenvalue weighted by Gasteiger charge is -2.36. The van der Waals surface area contributed by atoms with Gasteiger partial charge < -0.3 is 16.0 Å². The van der Waals surface area contributed by atoms with E-state index in [9.17, 15) is 4.79 Å². The fraction of sp³-hybridized carbons (Fsp3) is 0.786. The number of aromatic nitrogens is 3. The maximum absolute atomic E-state index is 11.1. The molecule has 2 fully saturated rings. The number of primary amides is 1. The van der Waals surface area contributed by atoms with Gasteiger partial charge >= 0.3 is 0 Å². The molecule has 3 N–H and O–H groups in total. The van der Waals surface area contributed by atoms with Gasteiger partial charge in [0.25, 0.3) is 5.91 Å². The minimum Gasteiger partial charge on any atom is -0.363 e. The maximum atomic E-state index is 11.1. The van der Waals surface area contributed by atoms with E-state index in [1.807, 2.05) is 4.68 Å². The van der Waals surface area contributed by atoms with Crippen molar-refractivity contribution in [2.45, 2.75) is 31.7 Å². The highest BCUT2D eigenvalue weighted by atomic mass is 16.1. The van der Waals surface area contributed by atoms with Gasteiger partial charge in [0.05, 0.1) is 6.04 Å². The van der Waals surface area contributed by atoms with Gasteiger partial charge in [0, 0.05) is 13.1 Å². The Morgan fingerprint density at radius 2 is 2.19 bits per heavy atom. The summed E-state index contributed by atoms with van der Waals surface area (Å²) in [6, 6.07) is 0.307. The van der Waals surface area contributed by atoms with Crippen LogP contribution in [-0.2, 0) is 0 Å². The fourth-order valence-electron chi connectivity index (χ4n) is 3.41. The largest absolute Gasteiger partial charge is 0.363 e. The Hall–Kier alpha value is -1.47. The minimum absolute atomic E-state index is 0.116. The lowest BCUT2D eigenvalue weighted by atomic mass is 9.96. The number of piperidine rings is 2. The molecule has 0 radical (unpaired) electrons. The van der Waals surface area contributed by atoms with E-state index in [1.54, 1.807) is 6.33 Å². The molecule has 1 unspecified atom stereocenters. The van der Waals surface area contributed by atoms with Crippen LogP contribution in [0, 0.1) is 5.92 Å². The maximum Gasteiger partial charge on any atom is 0.288 e. The quantitative estimate of drug-likeness (QED) is 0.816. The molecule has 0 saturated carbocycles. The van der Waals surface area contributed by atoms with Crippen molar-refractivity contribution in [3.8, 4) is 0 Å². The number of hydrogen-bond acceptors (Lipinski definition) is 5. The summed E-state index contributed by atoms with van der Waals surface area (Å²) in [5, 5.41) is 7.62. The lowest BCUT2D eigenvalue weighted by molar-refractivity contribution is 0.0988. The molecule has 1 aromatic rings. The first kappa shape index (κ1) is 14.5. The van der Waals surface area contributed by atoms with Crippen LogP contribution < -0.4 is 11.1 Å². The number of amides is 1. The van der Waals surface area contributed by atoms with Gasteiger partial charge in [-0.1, -0.05) is 0 Å². The number of nitrogens with zero attached hydrogens (tertiary/aromatic N) is 4. The molecule has 0 aliphatic carbocycles. The Labute approximate surface area is 124 Å². The highest BCUT2D eigenvalue weighted by Crippen LogP contribution is 2.23. The van der Waals surface area contributed by atoms with E-state index in [0.29, 0.717) is 6.04 Å². The van der Waals surface area contributed by atoms with Crippen LogP contribution in [0.5, 0.6) is 0 Å². The first-order valence-electron chi connectivity index (χ1n) is 7.86. The normalized spacial score (nSPS) is 25.0. The second-order valence-electron chi connectivity index (χ2n) is 6.16.